The van der Waals surface area contributed by atoms with Gasteiger partial charge in [-0.15, -0.1) is 11.3 Å². The van der Waals surface area contributed by atoms with Crippen LogP contribution in [0.15, 0.2) is 56.2 Å². The Bertz CT molecular complexity index is 756. The third kappa shape index (κ3) is 2.66. The SMILES string of the molecule is N#Cc1ccc(Sc2nc3ccccc3s2)cc1Br. The molecule has 0 amide bonds. The van der Waals surface area contributed by atoms with Gasteiger partial charge in [-0.25, -0.2) is 4.98 Å². The molecule has 3 aromatic rings. The lowest BCUT2D eigenvalue weighted by atomic mass is 10.2. The molecule has 2 aromatic carbocycles. The number of hydrogen-bond donors (Lipinski definition) is 0. The number of halogens is 1. The second kappa shape index (κ2) is 5.33. The van der Waals surface area contributed by atoms with E-state index in [4.69, 9.17) is 5.26 Å². The van der Waals surface area contributed by atoms with Crippen LogP contribution in [0.1, 0.15) is 5.56 Å². The van der Waals surface area contributed by atoms with Crippen LogP contribution in [0, 0.1) is 11.3 Å². The molecule has 0 fully saturated rings. The molecular weight excluding hydrogens is 340 g/mol. The largest absolute Gasteiger partial charge is 0.229 e. The van der Waals surface area contributed by atoms with Crippen molar-refractivity contribution in [2.75, 3.05) is 0 Å². The maximum atomic E-state index is 8.90. The van der Waals surface area contributed by atoms with Crippen molar-refractivity contribution < 1.29 is 0 Å². The van der Waals surface area contributed by atoms with Crippen LogP contribution in [0.25, 0.3) is 10.2 Å². The van der Waals surface area contributed by atoms with Crippen molar-refractivity contribution >= 4 is 49.2 Å². The normalized spacial score (nSPS) is 10.5. The molecular formula is C14H7BrN2S2. The Hall–Kier alpha value is -1.35. The third-order valence-electron chi connectivity index (χ3n) is 2.54. The fourth-order valence-corrected chi connectivity index (χ4v) is 4.34. The van der Waals surface area contributed by atoms with Crippen LogP contribution in [-0.2, 0) is 0 Å². The van der Waals surface area contributed by atoms with Crippen molar-refractivity contribution in [2.45, 2.75) is 9.24 Å². The highest BCUT2D eigenvalue weighted by Gasteiger charge is 2.07. The Labute approximate surface area is 127 Å². The van der Waals surface area contributed by atoms with Crippen molar-refractivity contribution in [1.29, 1.82) is 5.26 Å². The molecule has 92 valence electrons. The molecule has 1 aromatic heterocycles. The molecule has 5 heteroatoms. The number of benzene rings is 2. The van der Waals surface area contributed by atoms with Gasteiger partial charge in [-0.2, -0.15) is 5.26 Å². The van der Waals surface area contributed by atoms with E-state index in [1.807, 2.05) is 36.4 Å². The predicted octanol–water partition coefficient (Wildman–Crippen LogP) is 5.08. The number of rotatable bonds is 2. The predicted molar refractivity (Wildman–Crippen MR) is 82.6 cm³/mol. The number of thiazole rings is 1. The van der Waals surface area contributed by atoms with Crippen molar-refractivity contribution in [3.63, 3.8) is 0 Å². The van der Waals surface area contributed by atoms with Gasteiger partial charge in [0.1, 0.15) is 6.07 Å². The topological polar surface area (TPSA) is 36.7 Å². The molecule has 0 saturated carbocycles. The Balaban J connectivity index is 1.92. The van der Waals surface area contributed by atoms with Crippen LogP contribution < -0.4 is 0 Å². The van der Waals surface area contributed by atoms with Gasteiger partial charge in [-0.3, -0.25) is 0 Å². The zero-order valence-corrected chi connectivity index (χ0v) is 12.8. The number of fused-ring (bicyclic) bond motifs is 1. The highest BCUT2D eigenvalue weighted by molar-refractivity contribution is 9.10. The van der Waals surface area contributed by atoms with E-state index in [1.165, 1.54) is 4.70 Å². The lowest BCUT2D eigenvalue weighted by Crippen LogP contribution is -1.78. The minimum absolute atomic E-state index is 0.647. The van der Waals surface area contributed by atoms with E-state index in [2.05, 4.69) is 33.0 Å². The van der Waals surface area contributed by atoms with Crippen molar-refractivity contribution in [2.24, 2.45) is 0 Å². The molecule has 0 atom stereocenters. The number of hydrogen-bond acceptors (Lipinski definition) is 4. The monoisotopic (exact) mass is 346 g/mol. The molecule has 0 N–H and O–H groups in total. The highest BCUT2D eigenvalue weighted by Crippen LogP contribution is 2.35. The van der Waals surface area contributed by atoms with Gasteiger partial charge in [0.25, 0.3) is 0 Å². The summed E-state index contributed by atoms with van der Waals surface area (Å²) in [5.41, 5.74) is 1.68. The van der Waals surface area contributed by atoms with E-state index in [0.29, 0.717) is 5.56 Å². The molecule has 2 nitrogen and oxygen atoms in total. The average Bonchev–Trinajstić information content (AvgIpc) is 2.81. The smallest absolute Gasteiger partial charge is 0.155 e. The summed E-state index contributed by atoms with van der Waals surface area (Å²) < 4.78 is 3.02. The Morgan fingerprint density at radius 1 is 1.21 bits per heavy atom. The summed E-state index contributed by atoms with van der Waals surface area (Å²) in [6.07, 6.45) is 0. The van der Waals surface area contributed by atoms with Gasteiger partial charge in [-0.05, 0) is 46.3 Å². The van der Waals surface area contributed by atoms with Crippen molar-refractivity contribution in [3.8, 4) is 6.07 Å². The Morgan fingerprint density at radius 2 is 2.05 bits per heavy atom. The average molecular weight is 347 g/mol. The van der Waals surface area contributed by atoms with E-state index in [1.54, 1.807) is 23.1 Å². The van der Waals surface area contributed by atoms with E-state index in [9.17, 15) is 0 Å². The summed E-state index contributed by atoms with van der Waals surface area (Å²) in [4.78, 5) is 5.66. The first-order valence-electron chi connectivity index (χ1n) is 5.49. The molecule has 0 radical (unpaired) electrons. The third-order valence-corrected chi connectivity index (χ3v) is 5.28. The number of aromatic nitrogens is 1. The molecule has 0 aliphatic rings. The minimum atomic E-state index is 0.647. The second-order valence-electron chi connectivity index (χ2n) is 3.80. The van der Waals surface area contributed by atoms with E-state index < -0.39 is 0 Å². The quantitative estimate of drug-likeness (QED) is 0.648. The summed E-state index contributed by atoms with van der Waals surface area (Å²) in [7, 11) is 0. The van der Waals surface area contributed by atoms with E-state index >= 15 is 0 Å². The Kier molecular flexibility index (Phi) is 3.56. The minimum Gasteiger partial charge on any atom is -0.229 e. The van der Waals surface area contributed by atoms with Gasteiger partial charge < -0.3 is 0 Å². The summed E-state index contributed by atoms with van der Waals surface area (Å²) in [5, 5.41) is 8.90. The Morgan fingerprint density at radius 3 is 2.79 bits per heavy atom. The zero-order chi connectivity index (χ0) is 13.2. The second-order valence-corrected chi connectivity index (χ2v) is 7.01. The molecule has 0 spiro atoms. The van der Waals surface area contributed by atoms with Gasteiger partial charge in [0.05, 0.1) is 15.8 Å². The fourth-order valence-electron chi connectivity index (χ4n) is 1.65. The van der Waals surface area contributed by atoms with Crippen molar-refractivity contribution in [1.82, 2.24) is 4.98 Å². The first kappa shape index (κ1) is 12.7. The maximum Gasteiger partial charge on any atom is 0.155 e. The first-order chi connectivity index (χ1) is 9.26. The molecule has 19 heavy (non-hydrogen) atoms. The molecule has 0 aliphatic heterocycles. The summed E-state index contributed by atoms with van der Waals surface area (Å²) in [6, 6.07) is 16.0. The van der Waals surface area contributed by atoms with Crippen molar-refractivity contribution in [3.05, 3.63) is 52.5 Å². The first-order valence-corrected chi connectivity index (χ1v) is 7.92. The van der Waals surface area contributed by atoms with Gasteiger partial charge >= 0.3 is 0 Å². The van der Waals surface area contributed by atoms with E-state index in [0.717, 1.165) is 19.2 Å². The maximum absolute atomic E-state index is 8.90. The molecule has 0 unspecified atom stereocenters. The molecule has 0 aliphatic carbocycles. The number of nitrogens with zero attached hydrogens (tertiary/aromatic N) is 2. The van der Waals surface area contributed by atoms with Gasteiger partial charge in [0, 0.05) is 9.37 Å². The van der Waals surface area contributed by atoms with Crippen LogP contribution in [0.3, 0.4) is 0 Å². The molecule has 3 rings (SSSR count). The van der Waals surface area contributed by atoms with Crippen LogP contribution in [-0.4, -0.2) is 4.98 Å². The summed E-state index contributed by atoms with van der Waals surface area (Å²) >= 11 is 6.70. The standard InChI is InChI=1S/C14H7BrN2S2/c15-11-7-10(6-5-9(11)8-16)18-14-17-12-3-1-2-4-13(12)19-14/h1-7H. The van der Waals surface area contributed by atoms with Gasteiger partial charge in [0.15, 0.2) is 4.34 Å². The molecule has 1 heterocycles. The van der Waals surface area contributed by atoms with Crippen LogP contribution in [0.2, 0.25) is 0 Å². The van der Waals surface area contributed by atoms with Gasteiger partial charge in [0.2, 0.25) is 0 Å². The lowest BCUT2D eigenvalue weighted by Gasteiger charge is -1.99. The number of nitriles is 1. The van der Waals surface area contributed by atoms with Gasteiger partial charge in [-0.1, -0.05) is 23.9 Å². The fraction of sp³-hybridized carbons (Fsp3) is 0. The highest BCUT2D eigenvalue weighted by atomic mass is 79.9. The lowest BCUT2D eigenvalue weighted by molar-refractivity contribution is 1.29. The van der Waals surface area contributed by atoms with E-state index in [-0.39, 0.29) is 0 Å². The summed E-state index contributed by atoms with van der Waals surface area (Å²) in [5.74, 6) is 0. The summed E-state index contributed by atoms with van der Waals surface area (Å²) in [6.45, 7) is 0. The molecule has 0 bridgehead atoms. The van der Waals surface area contributed by atoms with Crippen LogP contribution in [0.5, 0.6) is 0 Å². The number of para-hydroxylation sites is 1. The van der Waals surface area contributed by atoms with Crippen LogP contribution in [0.4, 0.5) is 0 Å². The zero-order valence-electron chi connectivity index (χ0n) is 9.63. The van der Waals surface area contributed by atoms with Crippen LogP contribution >= 0.6 is 39.0 Å². The molecule has 0 saturated heterocycles.